The molecule has 3 aromatic heterocycles. The minimum Gasteiger partial charge on any atom is -0.455 e. The molecule has 0 fully saturated rings. The molecule has 0 N–H and O–H groups in total. The van der Waals surface area contributed by atoms with Crippen molar-refractivity contribution in [3.05, 3.63) is 158 Å². The molecule has 46 heavy (non-hydrogen) atoms. The Morgan fingerprint density at radius 3 is 2.02 bits per heavy atom. The van der Waals surface area contributed by atoms with Crippen molar-refractivity contribution in [3.8, 4) is 28.1 Å². The average molecular weight is 587 g/mol. The molecule has 0 radical (unpaired) electrons. The number of hydrogen-bond donors (Lipinski definition) is 0. The summed E-state index contributed by atoms with van der Waals surface area (Å²) in [4.78, 5) is 5.20. The molecule has 0 saturated carbocycles. The highest BCUT2D eigenvalue weighted by Crippen LogP contribution is 2.42. The summed E-state index contributed by atoms with van der Waals surface area (Å²) in [5.74, 6) is 0. The van der Waals surface area contributed by atoms with Gasteiger partial charge >= 0.3 is 0 Å². The Kier molecular flexibility index (Phi) is 5.28. The van der Waals surface area contributed by atoms with Gasteiger partial charge in [-0.05, 0) is 35.9 Å². The number of hydrogen-bond acceptors (Lipinski definition) is 2. The molecule has 0 aliphatic rings. The van der Waals surface area contributed by atoms with E-state index in [-0.39, 0.29) is 0 Å². The number of fused-ring (bicyclic) bond motifs is 10. The first-order chi connectivity index (χ1) is 22.8. The molecule has 0 spiro atoms. The van der Waals surface area contributed by atoms with E-state index >= 15 is 0 Å². The zero-order chi connectivity index (χ0) is 30.2. The van der Waals surface area contributed by atoms with Gasteiger partial charge < -0.3 is 8.98 Å². The van der Waals surface area contributed by atoms with E-state index in [1.54, 1.807) is 0 Å². The SMILES string of the molecule is c1ccc(-c2nc3ccccc3c3c2ccc2c4ccccc4n(-c4ccc(-c5cccc6c5oc5ccccc56)cc4)c23)cc1. The van der Waals surface area contributed by atoms with Crippen molar-refractivity contribution >= 4 is 65.4 Å². The molecule has 0 saturated heterocycles. The highest BCUT2D eigenvalue weighted by atomic mass is 16.3. The normalized spacial score (nSPS) is 11.9. The van der Waals surface area contributed by atoms with Crippen LogP contribution < -0.4 is 0 Å². The van der Waals surface area contributed by atoms with Crippen molar-refractivity contribution in [2.45, 2.75) is 0 Å². The molecule has 0 atom stereocenters. The number of furan rings is 1. The molecule has 0 amide bonds. The highest BCUT2D eigenvalue weighted by molar-refractivity contribution is 6.27. The van der Waals surface area contributed by atoms with Gasteiger partial charge in [-0.15, -0.1) is 0 Å². The van der Waals surface area contributed by atoms with Gasteiger partial charge in [0.05, 0.1) is 22.2 Å². The third-order valence-corrected chi connectivity index (χ3v) is 9.39. The van der Waals surface area contributed by atoms with Crippen molar-refractivity contribution in [1.82, 2.24) is 9.55 Å². The first-order valence-electron chi connectivity index (χ1n) is 15.6. The van der Waals surface area contributed by atoms with Crippen LogP contribution in [0.2, 0.25) is 0 Å². The van der Waals surface area contributed by atoms with Crippen LogP contribution in [0.3, 0.4) is 0 Å². The number of aromatic nitrogens is 2. The summed E-state index contributed by atoms with van der Waals surface area (Å²) in [5.41, 5.74) is 10.7. The van der Waals surface area contributed by atoms with Crippen LogP contribution in [0, 0.1) is 0 Å². The molecule has 0 aliphatic heterocycles. The van der Waals surface area contributed by atoms with Gasteiger partial charge in [0.2, 0.25) is 0 Å². The summed E-state index contributed by atoms with van der Waals surface area (Å²) >= 11 is 0. The second kappa shape index (κ2) is 9.65. The highest BCUT2D eigenvalue weighted by Gasteiger charge is 2.20. The van der Waals surface area contributed by atoms with Gasteiger partial charge in [0.15, 0.2) is 0 Å². The van der Waals surface area contributed by atoms with Crippen LogP contribution in [-0.4, -0.2) is 9.55 Å². The maximum atomic E-state index is 6.38. The molecular formula is C43H26N2O. The molecule has 10 aromatic rings. The van der Waals surface area contributed by atoms with Crippen LogP contribution in [0.1, 0.15) is 0 Å². The van der Waals surface area contributed by atoms with Crippen LogP contribution in [0.4, 0.5) is 0 Å². The predicted molar refractivity (Wildman–Crippen MR) is 192 cm³/mol. The number of para-hydroxylation sites is 4. The lowest BCUT2D eigenvalue weighted by Crippen LogP contribution is -1.96. The minimum absolute atomic E-state index is 0.912. The first-order valence-corrected chi connectivity index (χ1v) is 15.6. The Morgan fingerprint density at radius 1 is 0.457 bits per heavy atom. The minimum atomic E-state index is 0.912. The smallest absolute Gasteiger partial charge is 0.143 e. The number of nitrogens with zero attached hydrogens (tertiary/aromatic N) is 2. The van der Waals surface area contributed by atoms with Crippen LogP contribution >= 0.6 is 0 Å². The molecule has 0 unspecified atom stereocenters. The second-order valence-corrected chi connectivity index (χ2v) is 11.9. The van der Waals surface area contributed by atoms with Crippen LogP contribution in [-0.2, 0) is 0 Å². The lowest BCUT2D eigenvalue weighted by Gasteiger charge is -2.15. The number of rotatable bonds is 3. The van der Waals surface area contributed by atoms with E-state index in [2.05, 4.69) is 150 Å². The summed E-state index contributed by atoms with van der Waals surface area (Å²) in [6, 6.07) is 55.9. The lowest BCUT2D eigenvalue weighted by molar-refractivity contribution is 0.670. The summed E-state index contributed by atoms with van der Waals surface area (Å²) in [6.07, 6.45) is 0. The number of benzene rings is 7. The van der Waals surface area contributed by atoms with Crippen molar-refractivity contribution in [3.63, 3.8) is 0 Å². The van der Waals surface area contributed by atoms with Gasteiger partial charge in [-0.2, -0.15) is 0 Å². The van der Waals surface area contributed by atoms with Gasteiger partial charge in [0.1, 0.15) is 11.2 Å². The molecule has 0 bridgehead atoms. The van der Waals surface area contributed by atoms with Gasteiger partial charge in [-0.3, -0.25) is 0 Å². The largest absolute Gasteiger partial charge is 0.455 e. The summed E-state index contributed by atoms with van der Waals surface area (Å²) in [6.45, 7) is 0. The van der Waals surface area contributed by atoms with E-state index in [0.29, 0.717) is 0 Å². The van der Waals surface area contributed by atoms with Gasteiger partial charge in [-0.1, -0.05) is 127 Å². The fraction of sp³-hybridized carbons (Fsp3) is 0. The molecule has 3 heterocycles. The molecule has 214 valence electrons. The summed E-state index contributed by atoms with van der Waals surface area (Å²) in [7, 11) is 0. The third-order valence-electron chi connectivity index (χ3n) is 9.39. The molecule has 7 aromatic carbocycles. The molecule has 3 heteroatoms. The zero-order valence-electron chi connectivity index (χ0n) is 24.8. The third kappa shape index (κ3) is 3.57. The van der Waals surface area contributed by atoms with Crippen molar-refractivity contribution in [2.24, 2.45) is 0 Å². The first kappa shape index (κ1) is 25.2. The molecule has 10 rings (SSSR count). The van der Waals surface area contributed by atoms with Crippen LogP contribution in [0.15, 0.2) is 162 Å². The van der Waals surface area contributed by atoms with Crippen molar-refractivity contribution in [2.75, 3.05) is 0 Å². The van der Waals surface area contributed by atoms with Gasteiger partial charge in [0, 0.05) is 54.5 Å². The van der Waals surface area contributed by atoms with E-state index in [9.17, 15) is 0 Å². The molecular weight excluding hydrogens is 560 g/mol. The fourth-order valence-electron chi connectivity index (χ4n) is 7.34. The Labute approximate surface area is 264 Å². The Hall–Kier alpha value is -6.19. The van der Waals surface area contributed by atoms with Crippen LogP contribution in [0.5, 0.6) is 0 Å². The maximum absolute atomic E-state index is 6.38. The molecule has 3 nitrogen and oxygen atoms in total. The van der Waals surface area contributed by atoms with Crippen molar-refractivity contribution in [1.29, 1.82) is 0 Å². The van der Waals surface area contributed by atoms with E-state index in [1.807, 2.05) is 12.1 Å². The predicted octanol–water partition coefficient (Wildman–Crippen LogP) is 11.7. The Balaban J connectivity index is 1.26. The van der Waals surface area contributed by atoms with Gasteiger partial charge in [-0.25, -0.2) is 4.98 Å². The number of pyridine rings is 1. The summed E-state index contributed by atoms with van der Waals surface area (Å²) in [5, 5.41) is 8.27. The second-order valence-electron chi connectivity index (χ2n) is 11.9. The lowest BCUT2D eigenvalue weighted by atomic mass is 9.97. The molecule has 0 aliphatic carbocycles. The average Bonchev–Trinajstić information content (AvgIpc) is 3.68. The summed E-state index contributed by atoms with van der Waals surface area (Å²) < 4.78 is 8.81. The van der Waals surface area contributed by atoms with E-state index in [1.165, 1.54) is 27.2 Å². The van der Waals surface area contributed by atoms with Gasteiger partial charge in [0.25, 0.3) is 0 Å². The standard InChI is InChI=1S/C43H26N2O/c1-2-11-28(12-3-1)41-36-26-25-33-31-13-5-8-19-38(31)45(42(33)40(36)35-15-4-7-18-37(35)44-41)29-23-21-27(22-24-29)30-16-10-17-34-32-14-6-9-20-39(32)46-43(30)34/h1-26H. The van der Waals surface area contributed by atoms with Crippen LogP contribution in [0.25, 0.3) is 93.5 Å². The Bertz CT molecular complexity index is 2790. The maximum Gasteiger partial charge on any atom is 0.143 e. The monoisotopic (exact) mass is 586 g/mol. The topological polar surface area (TPSA) is 31.0 Å². The van der Waals surface area contributed by atoms with Crippen molar-refractivity contribution < 1.29 is 4.42 Å². The van der Waals surface area contributed by atoms with E-state index < -0.39 is 0 Å². The fourth-order valence-corrected chi connectivity index (χ4v) is 7.34. The Morgan fingerprint density at radius 2 is 1.15 bits per heavy atom. The van der Waals surface area contributed by atoms with E-state index in [0.717, 1.165) is 66.3 Å². The van der Waals surface area contributed by atoms with E-state index in [4.69, 9.17) is 9.40 Å². The zero-order valence-corrected chi connectivity index (χ0v) is 24.8. The quantitative estimate of drug-likeness (QED) is 0.193.